The summed E-state index contributed by atoms with van der Waals surface area (Å²) in [5, 5.41) is 23.6. The van der Waals surface area contributed by atoms with E-state index in [-0.39, 0.29) is 12.5 Å². The molecular formula is C23H26Cl2N6O2. The van der Waals surface area contributed by atoms with E-state index in [4.69, 9.17) is 32.8 Å². The number of aliphatic hydroxyl groups is 1. The van der Waals surface area contributed by atoms with Crippen LogP contribution in [-0.2, 0) is 13.0 Å². The molecule has 3 aromatic rings. The zero-order chi connectivity index (χ0) is 22.8. The molecule has 2 aromatic heterocycles. The zero-order valence-corrected chi connectivity index (χ0v) is 19.8. The number of likely N-dealkylation sites (tertiary alicyclic amines) is 1. The predicted molar refractivity (Wildman–Crippen MR) is 127 cm³/mol. The topological polar surface area (TPSA) is 91.4 Å². The fourth-order valence-electron chi connectivity index (χ4n) is 4.62. The summed E-state index contributed by atoms with van der Waals surface area (Å²) in [5.74, 6) is 1.37. The largest absolute Gasteiger partial charge is 0.395 e. The lowest BCUT2D eigenvalue weighted by Crippen LogP contribution is -2.35. The van der Waals surface area contributed by atoms with Crippen LogP contribution in [-0.4, -0.2) is 63.1 Å². The van der Waals surface area contributed by atoms with Crippen LogP contribution in [0.4, 0.5) is 5.69 Å². The number of aryl methyl sites for hydroxylation is 1. The number of β-amino-alcohol motifs (C(OH)–C–C–N with tert-alkyl or cyclic N) is 1. The van der Waals surface area contributed by atoms with Crippen molar-refractivity contribution >= 4 is 28.9 Å². The van der Waals surface area contributed by atoms with E-state index in [2.05, 4.69) is 30.1 Å². The number of hydrogen-bond donors (Lipinski definition) is 1. The van der Waals surface area contributed by atoms with Crippen molar-refractivity contribution in [2.75, 3.05) is 37.7 Å². The van der Waals surface area contributed by atoms with Gasteiger partial charge < -0.3 is 19.4 Å². The van der Waals surface area contributed by atoms with E-state index >= 15 is 0 Å². The van der Waals surface area contributed by atoms with Crippen LogP contribution in [0.15, 0.2) is 28.8 Å². The first-order chi connectivity index (χ1) is 16.1. The Balaban J connectivity index is 1.35. The highest BCUT2D eigenvalue weighted by Gasteiger charge is 2.26. The second kappa shape index (κ2) is 9.93. The lowest BCUT2D eigenvalue weighted by molar-refractivity contribution is 0.162. The smallest absolute Gasteiger partial charge is 0.278 e. The Kier molecular flexibility index (Phi) is 6.78. The number of aliphatic hydroxyl groups excluding tert-OH is 1. The fourth-order valence-corrected chi connectivity index (χ4v) is 4.99. The average molecular weight is 489 g/mol. The molecule has 0 unspecified atom stereocenters. The molecule has 33 heavy (non-hydrogen) atoms. The molecule has 5 rings (SSSR count). The van der Waals surface area contributed by atoms with Gasteiger partial charge in [0, 0.05) is 35.6 Å². The molecule has 1 N–H and O–H groups in total. The maximum absolute atomic E-state index is 9.13. The van der Waals surface area contributed by atoms with Crippen molar-refractivity contribution in [3.63, 3.8) is 0 Å². The Hall–Kier alpha value is -2.26. The van der Waals surface area contributed by atoms with Gasteiger partial charge in [-0.05, 0) is 68.6 Å². The van der Waals surface area contributed by atoms with Crippen LogP contribution in [0.25, 0.3) is 11.6 Å². The van der Waals surface area contributed by atoms with E-state index in [1.54, 1.807) is 6.07 Å². The predicted octanol–water partition coefficient (Wildman–Crippen LogP) is 3.96. The van der Waals surface area contributed by atoms with Gasteiger partial charge in [-0.25, -0.2) is 0 Å². The molecule has 10 heteroatoms. The molecular weight excluding hydrogens is 463 g/mol. The Morgan fingerprint density at radius 1 is 1.09 bits per heavy atom. The average Bonchev–Trinajstić information content (AvgIpc) is 3.32. The van der Waals surface area contributed by atoms with Gasteiger partial charge in [0.05, 0.1) is 18.0 Å². The van der Waals surface area contributed by atoms with Crippen LogP contribution in [0, 0.1) is 0 Å². The number of piperidine rings is 1. The molecule has 0 radical (unpaired) electrons. The van der Waals surface area contributed by atoms with Gasteiger partial charge in [-0.1, -0.05) is 28.4 Å². The van der Waals surface area contributed by atoms with Crippen LogP contribution < -0.4 is 4.90 Å². The first-order valence-corrected chi connectivity index (χ1v) is 12.1. The van der Waals surface area contributed by atoms with Crippen molar-refractivity contribution in [2.24, 2.45) is 0 Å². The molecule has 2 aliphatic rings. The van der Waals surface area contributed by atoms with Crippen LogP contribution in [0.1, 0.15) is 42.3 Å². The second-order valence-electron chi connectivity index (χ2n) is 8.62. The maximum atomic E-state index is 9.13. The van der Waals surface area contributed by atoms with E-state index in [0.29, 0.717) is 34.7 Å². The molecule has 2 aliphatic heterocycles. The summed E-state index contributed by atoms with van der Waals surface area (Å²) in [6, 6.07) is 7.52. The van der Waals surface area contributed by atoms with E-state index < -0.39 is 0 Å². The summed E-state index contributed by atoms with van der Waals surface area (Å²) in [6.45, 7) is 4.28. The standard InChI is InChI=1S/C23H26Cl2N6O2/c24-17-3-4-18(25)16(12-17)14-31-7-1-2-19-21(31)13-20(28-27-19)23-26-22(29-33-23)15-5-8-30(9-6-15)10-11-32/h3-4,12-13,15,32H,1-2,5-11,14H2. The first kappa shape index (κ1) is 22.5. The molecule has 0 bridgehead atoms. The maximum Gasteiger partial charge on any atom is 0.278 e. The Bertz CT molecular complexity index is 1120. The number of fused-ring (bicyclic) bond motifs is 1. The van der Waals surface area contributed by atoms with Crippen molar-refractivity contribution < 1.29 is 9.63 Å². The van der Waals surface area contributed by atoms with Crippen molar-refractivity contribution in [3.05, 3.63) is 51.4 Å². The number of nitrogens with zero attached hydrogens (tertiary/aromatic N) is 6. The third-order valence-corrected chi connectivity index (χ3v) is 7.03. The lowest BCUT2D eigenvalue weighted by Gasteiger charge is -2.30. The van der Waals surface area contributed by atoms with Crippen LogP contribution in [0.3, 0.4) is 0 Å². The second-order valence-corrected chi connectivity index (χ2v) is 9.46. The molecule has 0 atom stereocenters. The third-order valence-electron chi connectivity index (χ3n) is 6.43. The summed E-state index contributed by atoms with van der Waals surface area (Å²) in [5.41, 5.74) is 3.52. The molecule has 4 heterocycles. The molecule has 1 saturated heterocycles. The summed E-state index contributed by atoms with van der Waals surface area (Å²) >= 11 is 12.6. The number of anilines is 1. The molecule has 0 aliphatic carbocycles. The molecule has 0 spiro atoms. The lowest BCUT2D eigenvalue weighted by atomic mass is 9.96. The van der Waals surface area contributed by atoms with Crippen molar-refractivity contribution in [2.45, 2.75) is 38.1 Å². The van der Waals surface area contributed by atoms with E-state index in [0.717, 1.165) is 68.1 Å². The summed E-state index contributed by atoms with van der Waals surface area (Å²) in [6.07, 6.45) is 3.77. The highest BCUT2D eigenvalue weighted by Crippen LogP contribution is 2.33. The number of aromatic nitrogens is 4. The minimum atomic E-state index is 0.189. The summed E-state index contributed by atoms with van der Waals surface area (Å²) < 4.78 is 5.58. The molecule has 8 nitrogen and oxygen atoms in total. The van der Waals surface area contributed by atoms with E-state index in [1.165, 1.54) is 0 Å². The fraction of sp³-hybridized carbons (Fsp3) is 0.478. The number of rotatable bonds is 6. The minimum Gasteiger partial charge on any atom is -0.395 e. The van der Waals surface area contributed by atoms with E-state index in [9.17, 15) is 0 Å². The summed E-state index contributed by atoms with van der Waals surface area (Å²) in [7, 11) is 0. The molecule has 1 aromatic carbocycles. The van der Waals surface area contributed by atoms with Crippen molar-refractivity contribution in [1.29, 1.82) is 0 Å². The highest BCUT2D eigenvalue weighted by atomic mass is 35.5. The number of hydrogen-bond acceptors (Lipinski definition) is 8. The van der Waals surface area contributed by atoms with Crippen molar-refractivity contribution in [3.8, 4) is 11.6 Å². The zero-order valence-electron chi connectivity index (χ0n) is 18.3. The van der Waals surface area contributed by atoms with Crippen LogP contribution >= 0.6 is 23.2 Å². The van der Waals surface area contributed by atoms with Crippen molar-refractivity contribution in [1.82, 2.24) is 25.2 Å². The molecule has 0 amide bonds. The quantitative estimate of drug-likeness (QED) is 0.557. The Labute approximate surface area is 202 Å². The molecule has 174 valence electrons. The first-order valence-electron chi connectivity index (χ1n) is 11.3. The Morgan fingerprint density at radius 2 is 1.94 bits per heavy atom. The highest BCUT2D eigenvalue weighted by molar-refractivity contribution is 6.33. The van der Waals surface area contributed by atoms with Gasteiger partial charge in [0.25, 0.3) is 5.89 Å². The van der Waals surface area contributed by atoms with E-state index in [1.807, 2.05) is 18.2 Å². The van der Waals surface area contributed by atoms with Crippen LogP contribution in [0.2, 0.25) is 10.0 Å². The minimum absolute atomic E-state index is 0.189. The third kappa shape index (κ3) is 4.99. The SMILES string of the molecule is OCCN1CCC(c2noc(-c3cc4c(nn3)CCCN4Cc3cc(Cl)ccc3Cl)n2)CC1. The van der Waals surface area contributed by atoms with Gasteiger partial charge >= 0.3 is 0 Å². The van der Waals surface area contributed by atoms with Gasteiger partial charge in [0.15, 0.2) is 11.5 Å². The van der Waals surface area contributed by atoms with Crippen LogP contribution in [0.5, 0.6) is 0 Å². The summed E-state index contributed by atoms with van der Waals surface area (Å²) in [4.78, 5) is 9.16. The normalized spacial score (nSPS) is 17.4. The van der Waals surface area contributed by atoms with Gasteiger partial charge in [0.1, 0.15) is 0 Å². The molecule has 1 fully saturated rings. The van der Waals surface area contributed by atoms with Gasteiger partial charge in [-0.3, -0.25) is 0 Å². The van der Waals surface area contributed by atoms with Gasteiger partial charge in [0.2, 0.25) is 0 Å². The Morgan fingerprint density at radius 3 is 2.76 bits per heavy atom. The monoisotopic (exact) mass is 488 g/mol. The number of benzene rings is 1. The number of halogens is 2. The van der Waals surface area contributed by atoms with Gasteiger partial charge in [-0.15, -0.1) is 5.10 Å². The molecule has 0 saturated carbocycles. The van der Waals surface area contributed by atoms with Gasteiger partial charge in [-0.2, -0.15) is 10.1 Å².